The van der Waals surface area contributed by atoms with Crippen molar-refractivity contribution in [2.45, 2.75) is 13.0 Å². The molecule has 0 aliphatic heterocycles. The molecular weight excluding hydrogens is 254 g/mol. The third kappa shape index (κ3) is 4.24. The number of halogens is 1. The predicted octanol–water partition coefficient (Wildman–Crippen LogP) is 1.34. The molecular formula is C12H14ClN3O2. The lowest BCUT2D eigenvalue weighted by molar-refractivity contribution is -0.118. The van der Waals surface area contributed by atoms with Crippen molar-refractivity contribution in [1.82, 2.24) is 10.6 Å². The van der Waals surface area contributed by atoms with Crippen LogP contribution >= 0.6 is 11.6 Å². The van der Waals surface area contributed by atoms with Crippen molar-refractivity contribution in [3.63, 3.8) is 0 Å². The van der Waals surface area contributed by atoms with Crippen LogP contribution in [0.3, 0.4) is 0 Å². The number of benzene rings is 1. The number of nitriles is 1. The third-order valence-corrected chi connectivity index (χ3v) is 2.51. The highest BCUT2D eigenvalue weighted by Gasteiger charge is 2.14. The minimum atomic E-state index is -0.669. The van der Waals surface area contributed by atoms with Crippen LogP contribution in [0, 0.1) is 11.3 Å². The van der Waals surface area contributed by atoms with Gasteiger partial charge in [0.05, 0.1) is 6.07 Å². The number of phenolic OH excluding ortho intramolecular Hbond substituents is 1. The standard InChI is InChI=1S/C12H14ClN3O2/c1-8(17)15-4-5-16-11(7-14)10-6-9(13)2-3-12(10)18/h2-3,6,11,16,18H,4-5H2,1H3,(H,15,17). The Morgan fingerprint density at radius 3 is 2.89 bits per heavy atom. The van der Waals surface area contributed by atoms with Crippen molar-refractivity contribution in [2.24, 2.45) is 0 Å². The molecule has 0 saturated heterocycles. The van der Waals surface area contributed by atoms with E-state index >= 15 is 0 Å². The van der Waals surface area contributed by atoms with E-state index in [-0.39, 0.29) is 11.7 Å². The number of phenols is 1. The smallest absolute Gasteiger partial charge is 0.216 e. The number of carbonyl (C=O) groups is 1. The fraction of sp³-hybridized carbons (Fsp3) is 0.333. The first-order chi connectivity index (χ1) is 8.54. The SMILES string of the molecule is CC(=O)NCCNC(C#N)c1cc(Cl)ccc1O. The molecule has 0 fully saturated rings. The lowest BCUT2D eigenvalue weighted by Crippen LogP contribution is -2.32. The van der Waals surface area contributed by atoms with Crippen molar-refractivity contribution in [1.29, 1.82) is 5.26 Å². The summed E-state index contributed by atoms with van der Waals surface area (Å²) in [5, 5.41) is 24.7. The Bertz CT molecular complexity index is 471. The largest absolute Gasteiger partial charge is 0.508 e. The number of rotatable bonds is 5. The van der Waals surface area contributed by atoms with Gasteiger partial charge in [0.2, 0.25) is 5.91 Å². The van der Waals surface area contributed by atoms with Crippen LogP contribution in [0.2, 0.25) is 5.02 Å². The summed E-state index contributed by atoms with van der Waals surface area (Å²) in [6.45, 7) is 2.25. The van der Waals surface area contributed by atoms with Crippen LogP contribution in [0.4, 0.5) is 0 Å². The molecule has 1 atom stereocenters. The Hall–Kier alpha value is -1.77. The zero-order valence-electron chi connectivity index (χ0n) is 9.90. The zero-order chi connectivity index (χ0) is 13.5. The molecule has 0 saturated carbocycles. The normalized spacial score (nSPS) is 11.6. The van der Waals surface area contributed by atoms with Gasteiger partial charge in [-0.25, -0.2) is 0 Å². The summed E-state index contributed by atoms with van der Waals surface area (Å²) in [5.41, 5.74) is 0.424. The van der Waals surface area contributed by atoms with Crippen LogP contribution in [0.15, 0.2) is 18.2 Å². The van der Waals surface area contributed by atoms with Gasteiger partial charge in [-0.2, -0.15) is 5.26 Å². The first-order valence-electron chi connectivity index (χ1n) is 5.40. The monoisotopic (exact) mass is 267 g/mol. The second-order valence-corrected chi connectivity index (χ2v) is 4.14. The fourth-order valence-corrected chi connectivity index (χ4v) is 1.62. The number of nitrogens with zero attached hydrogens (tertiary/aromatic N) is 1. The number of nitrogens with one attached hydrogen (secondary N) is 2. The molecule has 1 aromatic rings. The molecule has 0 bridgehead atoms. The Morgan fingerprint density at radius 2 is 2.28 bits per heavy atom. The zero-order valence-corrected chi connectivity index (χ0v) is 10.7. The lowest BCUT2D eigenvalue weighted by Gasteiger charge is -2.13. The quantitative estimate of drug-likeness (QED) is 0.703. The van der Waals surface area contributed by atoms with Crippen LogP contribution in [0.5, 0.6) is 5.75 Å². The summed E-state index contributed by atoms with van der Waals surface area (Å²) in [4.78, 5) is 10.7. The molecule has 96 valence electrons. The minimum absolute atomic E-state index is 0.0120. The molecule has 0 radical (unpaired) electrons. The molecule has 0 aromatic heterocycles. The average Bonchev–Trinajstić information content (AvgIpc) is 2.33. The number of hydrogen-bond donors (Lipinski definition) is 3. The van der Waals surface area contributed by atoms with E-state index in [0.29, 0.717) is 23.7 Å². The van der Waals surface area contributed by atoms with E-state index in [1.807, 2.05) is 6.07 Å². The molecule has 5 nitrogen and oxygen atoms in total. The highest BCUT2D eigenvalue weighted by Crippen LogP contribution is 2.26. The maximum absolute atomic E-state index is 10.7. The van der Waals surface area contributed by atoms with Crippen molar-refractivity contribution in [3.8, 4) is 11.8 Å². The van der Waals surface area contributed by atoms with Gasteiger partial charge in [-0.1, -0.05) is 11.6 Å². The van der Waals surface area contributed by atoms with Crippen LogP contribution < -0.4 is 10.6 Å². The Kier molecular flexibility index (Phi) is 5.43. The van der Waals surface area contributed by atoms with Gasteiger partial charge in [0.25, 0.3) is 0 Å². The molecule has 1 amide bonds. The minimum Gasteiger partial charge on any atom is -0.508 e. The first kappa shape index (κ1) is 14.3. The highest BCUT2D eigenvalue weighted by atomic mass is 35.5. The number of aromatic hydroxyl groups is 1. The van der Waals surface area contributed by atoms with Crippen molar-refractivity contribution in [2.75, 3.05) is 13.1 Å². The molecule has 1 rings (SSSR count). The van der Waals surface area contributed by atoms with Gasteiger partial charge in [-0.3, -0.25) is 10.1 Å². The summed E-state index contributed by atoms with van der Waals surface area (Å²) < 4.78 is 0. The van der Waals surface area contributed by atoms with Gasteiger partial charge < -0.3 is 10.4 Å². The Morgan fingerprint density at radius 1 is 1.56 bits per heavy atom. The van der Waals surface area contributed by atoms with Gasteiger partial charge in [0.15, 0.2) is 0 Å². The summed E-state index contributed by atoms with van der Waals surface area (Å²) >= 11 is 5.82. The van der Waals surface area contributed by atoms with E-state index in [1.54, 1.807) is 6.07 Å². The van der Waals surface area contributed by atoms with Crippen LogP contribution in [0.25, 0.3) is 0 Å². The highest BCUT2D eigenvalue weighted by molar-refractivity contribution is 6.30. The van der Waals surface area contributed by atoms with E-state index in [0.717, 1.165) is 0 Å². The summed E-state index contributed by atoms with van der Waals surface area (Å²) in [6.07, 6.45) is 0. The van der Waals surface area contributed by atoms with E-state index in [9.17, 15) is 9.90 Å². The van der Waals surface area contributed by atoms with Gasteiger partial charge in [0, 0.05) is 30.6 Å². The van der Waals surface area contributed by atoms with Gasteiger partial charge in [-0.15, -0.1) is 0 Å². The molecule has 0 spiro atoms. The molecule has 6 heteroatoms. The number of carbonyl (C=O) groups excluding carboxylic acids is 1. The van der Waals surface area contributed by atoms with Crippen LogP contribution in [0.1, 0.15) is 18.5 Å². The van der Waals surface area contributed by atoms with E-state index < -0.39 is 6.04 Å². The maximum atomic E-state index is 10.7. The summed E-state index contributed by atoms with van der Waals surface area (Å²) in [5.74, 6) is -0.117. The molecule has 1 aromatic carbocycles. The number of amides is 1. The van der Waals surface area contributed by atoms with E-state index in [1.165, 1.54) is 19.1 Å². The second kappa shape index (κ2) is 6.84. The molecule has 1 unspecified atom stereocenters. The van der Waals surface area contributed by atoms with Crippen molar-refractivity contribution < 1.29 is 9.90 Å². The first-order valence-corrected chi connectivity index (χ1v) is 5.78. The number of hydrogen-bond acceptors (Lipinski definition) is 4. The van der Waals surface area contributed by atoms with Crippen LogP contribution in [-0.4, -0.2) is 24.1 Å². The van der Waals surface area contributed by atoms with Gasteiger partial charge in [0.1, 0.15) is 11.8 Å². The predicted molar refractivity (Wildman–Crippen MR) is 68.2 cm³/mol. The van der Waals surface area contributed by atoms with Crippen molar-refractivity contribution in [3.05, 3.63) is 28.8 Å². The summed E-state index contributed by atoms with van der Waals surface area (Å²) in [6, 6.07) is 5.89. The van der Waals surface area contributed by atoms with Crippen LogP contribution in [-0.2, 0) is 4.79 Å². The van der Waals surface area contributed by atoms with Gasteiger partial charge in [-0.05, 0) is 18.2 Å². The molecule has 0 aliphatic rings. The Balaban J connectivity index is 2.63. The Labute approximate surface area is 110 Å². The lowest BCUT2D eigenvalue weighted by atomic mass is 10.1. The molecule has 3 N–H and O–H groups in total. The topological polar surface area (TPSA) is 85.2 Å². The van der Waals surface area contributed by atoms with E-state index in [2.05, 4.69) is 10.6 Å². The van der Waals surface area contributed by atoms with Gasteiger partial charge >= 0.3 is 0 Å². The molecule has 18 heavy (non-hydrogen) atoms. The average molecular weight is 268 g/mol. The second-order valence-electron chi connectivity index (χ2n) is 3.70. The fourth-order valence-electron chi connectivity index (χ4n) is 1.44. The maximum Gasteiger partial charge on any atom is 0.216 e. The molecule has 0 aliphatic carbocycles. The summed E-state index contributed by atoms with van der Waals surface area (Å²) in [7, 11) is 0. The van der Waals surface area contributed by atoms with E-state index in [4.69, 9.17) is 16.9 Å². The molecule has 0 heterocycles. The van der Waals surface area contributed by atoms with Crippen molar-refractivity contribution >= 4 is 17.5 Å². The third-order valence-electron chi connectivity index (χ3n) is 2.28.